The third-order valence-corrected chi connectivity index (χ3v) is 3.57. The molecule has 0 aromatic heterocycles. The van der Waals surface area contributed by atoms with E-state index < -0.39 is 0 Å². The van der Waals surface area contributed by atoms with E-state index in [-0.39, 0.29) is 12.5 Å². The number of carbonyl (C=O) groups excluding carboxylic acids is 1. The van der Waals surface area contributed by atoms with Crippen molar-refractivity contribution < 1.29 is 9.53 Å². The Kier molecular flexibility index (Phi) is 4.67. The molecule has 0 atom stereocenters. The highest BCUT2D eigenvalue weighted by Gasteiger charge is 2.21. The molecule has 1 N–H and O–H groups in total. The summed E-state index contributed by atoms with van der Waals surface area (Å²) in [5.74, 6) is 1.36. The largest absolute Gasteiger partial charge is 0.484 e. The van der Waals surface area contributed by atoms with Gasteiger partial charge in [-0.3, -0.25) is 4.79 Å². The van der Waals surface area contributed by atoms with Gasteiger partial charge in [0.05, 0.1) is 0 Å². The van der Waals surface area contributed by atoms with Gasteiger partial charge in [0.2, 0.25) is 0 Å². The molecule has 3 nitrogen and oxygen atoms in total. The molecule has 1 aromatic carbocycles. The van der Waals surface area contributed by atoms with Crippen molar-refractivity contribution in [1.29, 1.82) is 0 Å². The van der Waals surface area contributed by atoms with Crippen molar-refractivity contribution in [3.8, 4) is 5.75 Å². The van der Waals surface area contributed by atoms with Crippen LogP contribution in [0.4, 0.5) is 0 Å². The van der Waals surface area contributed by atoms with Crippen molar-refractivity contribution in [2.24, 2.45) is 5.92 Å². The molecular weight excluding hydrogens is 397 g/mol. The highest BCUT2D eigenvalue weighted by Crippen LogP contribution is 2.27. The van der Waals surface area contributed by atoms with Crippen LogP contribution in [0.1, 0.15) is 12.8 Å². The first-order chi connectivity index (χ1) is 8.13. The van der Waals surface area contributed by atoms with Crippen molar-refractivity contribution in [3.05, 3.63) is 26.2 Å². The summed E-state index contributed by atoms with van der Waals surface area (Å²) in [6.07, 6.45) is 2.48. The molecule has 1 saturated carbocycles. The minimum Gasteiger partial charge on any atom is -0.484 e. The topological polar surface area (TPSA) is 38.3 Å². The summed E-state index contributed by atoms with van der Waals surface area (Å²) in [6.45, 7) is 0.872. The van der Waals surface area contributed by atoms with Gasteiger partial charge in [0.15, 0.2) is 6.61 Å². The Labute approximate surface area is 123 Å². The first-order valence-corrected chi connectivity index (χ1v) is 7.36. The lowest BCUT2D eigenvalue weighted by Gasteiger charge is -2.07. The van der Waals surface area contributed by atoms with Crippen molar-refractivity contribution in [1.82, 2.24) is 5.32 Å². The molecule has 0 radical (unpaired) electrons. The van der Waals surface area contributed by atoms with Gasteiger partial charge >= 0.3 is 0 Å². The highest BCUT2D eigenvalue weighted by molar-refractivity contribution is 14.1. The van der Waals surface area contributed by atoms with Gasteiger partial charge in [-0.25, -0.2) is 0 Å². The maximum absolute atomic E-state index is 11.5. The van der Waals surface area contributed by atoms with Gasteiger partial charge in [0.1, 0.15) is 5.75 Å². The van der Waals surface area contributed by atoms with E-state index in [4.69, 9.17) is 4.74 Å². The lowest BCUT2D eigenvalue weighted by atomic mass is 10.3. The van der Waals surface area contributed by atoms with Gasteiger partial charge in [0.25, 0.3) is 5.91 Å². The molecule has 0 unspecified atom stereocenters. The quantitative estimate of drug-likeness (QED) is 0.759. The lowest BCUT2D eigenvalue weighted by molar-refractivity contribution is -0.123. The average molecular weight is 410 g/mol. The van der Waals surface area contributed by atoms with Crippen LogP contribution in [0.5, 0.6) is 5.75 Å². The Balaban J connectivity index is 1.77. The number of ether oxygens (including phenoxy) is 1. The van der Waals surface area contributed by atoms with Gasteiger partial charge < -0.3 is 10.1 Å². The van der Waals surface area contributed by atoms with Gasteiger partial charge in [-0.1, -0.05) is 15.9 Å². The first kappa shape index (κ1) is 13.1. The van der Waals surface area contributed by atoms with Crippen LogP contribution in [0.15, 0.2) is 22.7 Å². The van der Waals surface area contributed by atoms with Crippen molar-refractivity contribution >= 4 is 44.4 Å². The van der Waals surface area contributed by atoms with E-state index in [9.17, 15) is 4.79 Å². The number of benzene rings is 1. The molecule has 1 aliphatic rings. The maximum Gasteiger partial charge on any atom is 0.257 e. The minimum absolute atomic E-state index is 0.0492. The van der Waals surface area contributed by atoms with E-state index in [2.05, 4.69) is 43.8 Å². The molecule has 2 rings (SSSR count). The second-order valence-corrected chi connectivity index (χ2v) is 6.30. The van der Waals surface area contributed by atoms with Crippen LogP contribution in [-0.2, 0) is 4.79 Å². The van der Waals surface area contributed by atoms with E-state index in [1.165, 1.54) is 12.8 Å². The third kappa shape index (κ3) is 4.83. The maximum atomic E-state index is 11.5. The summed E-state index contributed by atoms with van der Waals surface area (Å²) in [7, 11) is 0. The lowest BCUT2D eigenvalue weighted by Crippen LogP contribution is -2.30. The highest BCUT2D eigenvalue weighted by atomic mass is 127. The number of nitrogens with one attached hydrogen (secondary N) is 1. The molecule has 92 valence electrons. The van der Waals surface area contributed by atoms with Gasteiger partial charge in [0, 0.05) is 14.6 Å². The van der Waals surface area contributed by atoms with E-state index in [1.54, 1.807) is 0 Å². The predicted octanol–water partition coefficient (Wildman–Crippen LogP) is 2.96. The Bertz CT molecular complexity index is 401. The molecule has 1 amide bonds. The van der Waals surface area contributed by atoms with Crippen molar-refractivity contribution in [3.63, 3.8) is 0 Å². The normalized spacial score (nSPS) is 14.5. The Hall–Kier alpha value is -0.300. The molecule has 1 fully saturated rings. The Morgan fingerprint density at radius 3 is 2.88 bits per heavy atom. The summed E-state index contributed by atoms with van der Waals surface area (Å²) in [5, 5.41) is 2.87. The molecule has 0 spiro atoms. The summed E-state index contributed by atoms with van der Waals surface area (Å²) in [5.41, 5.74) is 0. The number of hydrogen-bond donors (Lipinski definition) is 1. The van der Waals surface area contributed by atoms with Crippen LogP contribution in [0.3, 0.4) is 0 Å². The molecule has 0 aliphatic heterocycles. The van der Waals surface area contributed by atoms with Gasteiger partial charge in [-0.2, -0.15) is 0 Å². The molecule has 0 heterocycles. The van der Waals surface area contributed by atoms with Crippen LogP contribution in [0.2, 0.25) is 0 Å². The van der Waals surface area contributed by atoms with Crippen LogP contribution < -0.4 is 10.1 Å². The zero-order chi connectivity index (χ0) is 12.3. The molecule has 1 aromatic rings. The SMILES string of the molecule is O=C(COc1cc(Br)cc(I)c1)NCC1CC1. The van der Waals surface area contributed by atoms with E-state index in [0.717, 1.165) is 14.6 Å². The van der Waals surface area contributed by atoms with E-state index >= 15 is 0 Å². The minimum atomic E-state index is -0.0492. The fraction of sp³-hybridized carbons (Fsp3) is 0.417. The molecule has 5 heteroatoms. The first-order valence-electron chi connectivity index (χ1n) is 5.49. The van der Waals surface area contributed by atoms with Crippen LogP contribution in [0.25, 0.3) is 0 Å². The van der Waals surface area contributed by atoms with Crippen molar-refractivity contribution in [2.45, 2.75) is 12.8 Å². The zero-order valence-corrected chi connectivity index (χ0v) is 13.0. The average Bonchev–Trinajstić information content (AvgIpc) is 3.06. The number of rotatable bonds is 5. The fourth-order valence-corrected chi connectivity index (χ4v) is 2.93. The van der Waals surface area contributed by atoms with Gasteiger partial charge in [-0.05, 0) is 59.5 Å². The molecule has 17 heavy (non-hydrogen) atoms. The molecule has 0 bridgehead atoms. The Morgan fingerprint density at radius 1 is 1.47 bits per heavy atom. The van der Waals surface area contributed by atoms with E-state index in [0.29, 0.717) is 11.7 Å². The molecular formula is C12H13BrINO2. The third-order valence-electron chi connectivity index (χ3n) is 2.49. The smallest absolute Gasteiger partial charge is 0.257 e. The summed E-state index contributed by atoms with van der Waals surface area (Å²) < 4.78 is 7.47. The summed E-state index contributed by atoms with van der Waals surface area (Å²) in [6, 6.07) is 5.75. The number of hydrogen-bond acceptors (Lipinski definition) is 2. The second-order valence-electron chi connectivity index (χ2n) is 4.14. The standard InChI is InChI=1S/C12H13BrINO2/c13-9-3-10(14)5-11(4-9)17-7-12(16)15-6-8-1-2-8/h3-5,8H,1-2,6-7H2,(H,15,16). The Morgan fingerprint density at radius 2 is 2.24 bits per heavy atom. The van der Waals surface area contributed by atoms with Gasteiger partial charge in [-0.15, -0.1) is 0 Å². The van der Waals surface area contributed by atoms with Crippen LogP contribution in [0, 0.1) is 9.49 Å². The summed E-state index contributed by atoms with van der Waals surface area (Å²) in [4.78, 5) is 11.5. The fourth-order valence-electron chi connectivity index (χ4n) is 1.39. The molecule has 0 saturated heterocycles. The van der Waals surface area contributed by atoms with E-state index in [1.807, 2.05) is 18.2 Å². The van der Waals surface area contributed by atoms with Crippen LogP contribution in [-0.4, -0.2) is 19.1 Å². The zero-order valence-electron chi connectivity index (χ0n) is 9.21. The number of halogens is 2. The number of amides is 1. The predicted molar refractivity (Wildman–Crippen MR) is 78.1 cm³/mol. The monoisotopic (exact) mass is 409 g/mol. The van der Waals surface area contributed by atoms with Crippen LogP contribution >= 0.6 is 38.5 Å². The molecule has 1 aliphatic carbocycles. The summed E-state index contributed by atoms with van der Waals surface area (Å²) >= 11 is 5.60. The van der Waals surface area contributed by atoms with Crippen molar-refractivity contribution in [2.75, 3.05) is 13.2 Å². The number of carbonyl (C=O) groups is 1. The second kappa shape index (κ2) is 6.04.